The van der Waals surface area contributed by atoms with Crippen molar-refractivity contribution in [3.8, 4) is 5.75 Å². The van der Waals surface area contributed by atoms with Crippen molar-refractivity contribution in [3.05, 3.63) is 65.0 Å². The van der Waals surface area contributed by atoms with Crippen molar-refractivity contribution >= 4 is 5.97 Å². The Bertz CT molecular complexity index is 661. The molecule has 3 nitrogen and oxygen atoms in total. The Kier molecular flexibility index (Phi) is 5.43. The van der Waals surface area contributed by atoms with Crippen molar-refractivity contribution in [1.82, 2.24) is 0 Å². The van der Waals surface area contributed by atoms with Gasteiger partial charge in [-0.05, 0) is 47.8 Å². The molecule has 0 fully saturated rings. The average molecular weight is 312 g/mol. The van der Waals surface area contributed by atoms with E-state index in [0.29, 0.717) is 17.4 Å². The summed E-state index contributed by atoms with van der Waals surface area (Å²) in [4.78, 5) is 11.0. The number of esters is 1. The third-order valence-corrected chi connectivity index (χ3v) is 4.09. The number of benzene rings is 1. The van der Waals surface area contributed by atoms with Gasteiger partial charge in [0.1, 0.15) is 11.5 Å². The number of ether oxygens (including phenoxy) is 1. The molecule has 0 spiro atoms. The zero-order valence-corrected chi connectivity index (χ0v) is 14.2. The third-order valence-electron chi connectivity index (χ3n) is 4.09. The van der Waals surface area contributed by atoms with Gasteiger partial charge in [-0.3, -0.25) is 4.79 Å². The SMILES string of the molecule is CC(=O)Oc1ccc(C(C)C(=C2C=CC(O)=CC2)C(C)C)cc1. The lowest BCUT2D eigenvalue weighted by atomic mass is 9.81. The molecule has 1 aliphatic rings. The van der Waals surface area contributed by atoms with Crippen LogP contribution in [0.3, 0.4) is 0 Å². The molecule has 0 saturated carbocycles. The molecule has 1 unspecified atom stereocenters. The van der Waals surface area contributed by atoms with Crippen LogP contribution in [0.25, 0.3) is 0 Å². The molecule has 3 heteroatoms. The fourth-order valence-electron chi connectivity index (χ4n) is 3.07. The second-order valence-electron chi connectivity index (χ2n) is 6.19. The van der Waals surface area contributed by atoms with Crippen LogP contribution >= 0.6 is 0 Å². The number of hydrogen-bond acceptors (Lipinski definition) is 3. The second kappa shape index (κ2) is 7.32. The van der Waals surface area contributed by atoms with E-state index in [-0.39, 0.29) is 11.9 Å². The topological polar surface area (TPSA) is 46.5 Å². The number of aliphatic hydroxyl groups is 1. The van der Waals surface area contributed by atoms with Crippen molar-refractivity contribution in [2.45, 2.75) is 40.0 Å². The highest BCUT2D eigenvalue weighted by Gasteiger charge is 2.19. The van der Waals surface area contributed by atoms with Gasteiger partial charge in [0.25, 0.3) is 0 Å². The van der Waals surface area contributed by atoms with Crippen molar-refractivity contribution in [2.24, 2.45) is 5.92 Å². The number of rotatable bonds is 4. The normalized spacial score (nSPS) is 17.7. The lowest BCUT2D eigenvalue weighted by Gasteiger charge is -2.24. The molecule has 1 aromatic carbocycles. The van der Waals surface area contributed by atoms with E-state index in [4.69, 9.17) is 4.74 Å². The molecule has 0 amide bonds. The molecular weight excluding hydrogens is 288 g/mol. The predicted molar refractivity (Wildman–Crippen MR) is 92.5 cm³/mol. The largest absolute Gasteiger partial charge is 0.508 e. The van der Waals surface area contributed by atoms with Crippen molar-refractivity contribution in [1.29, 1.82) is 0 Å². The molecule has 23 heavy (non-hydrogen) atoms. The van der Waals surface area contributed by atoms with Crippen LogP contribution in [0.5, 0.6) is 5.75 Å². The van der Waals surface area contributed by atoms with Crippen LogP contribution < -0.4 is 4.74 Å². The van der Waals surface area contributed by atoms with Crippen molar-refractivity contribution < 1.29 is 14.6 Å². The molecule has 1 aliphatic carbocycles. The minimum Gasteiger partial charge on any atom is -0.508 e. The van der Waals surface area contributed by atoms with Gasteiger partial charge in [-0.2, -0.15) is 0 Å². The summed E-state index contributed by atoms with van der Waals surface area (Å²) in [6, 6.07) is 7.67. The van der Waals surface area contributed by atoms with Gasteiger partial charge in [0.05, 0.1) is 0 Å². The monoisotopic (exact) mass is 312 g/mol. The van der Waals surface area contributed by atoms with Gasteiger partial charge in [0.15, 0.2) is 0 Å². The van der Waals surface area contributed by atoms with Crippen molar-refractivity contribution in [2.75, 3.05) is 0 Å². The summed E-state index contributed by atoms with van der Waals surface area (Å²) in [6.45, 7) is 7.97. The first-order valence-electron chi connectivity index (χ1n) is 7.97. The van der Waals surface area contributed by atoms with Crippen LogP contribution in [0.1, 0.15) is 45.6 Å². The average Bonchev–Trinajstić information content (AvgIpc) is 2.49. The highest BCUT2D eigenvalue weighted by Crippen LogP contribution is 2.35. The van der Waals surface area contributed by atoms with Gasteiger partial charge < -0.3 is 9.84 Å². The smallest absolute Gasteiger partial charge is 0.308 e. The molecule has 122 valence electrons. The number of allylic oxidation sites excluding steroid dienone is 5. The van der Waals surface area contributed by atoms with E-state index in [9.17, 15) is 9.90 Å². The Morgan fingerprint density at radius 2 is 1.78 bits per heavy atom. The Labute approximate surface area is 138 Å². The maximum Gasteiger partial charge on any atom is 0.308 e. The van der Waals surface area contributed by atoms with Crippen LogP contribution in [-0.4, -0.2) is 11.1 Å². The highest BCUT2D eigenvalue weighted by atomic mass is 16.5. The molecule has 1 aromatic rings. The summed E-state index contributed by atoms with van der Waals surface area (Å²) in [5.41, 5.74) is 3.81. The number of hydrogen-bond donors (Lipinski definition) is 1. The summed E-state index contributed by atoms with van der Waals surface area (Å²) in [7, 11) is 0. The van der Waals surface area contributed by atoms with Crippen molar-refractivity contribution in [3.63, 3.8) is 0 Å². The van der Waals surface area contributed by atoms with E-state index in [1.807, 2.05) is 36.4 Å². The van der Waals surface area contributed by atoms with E-state index < -0.39 is 0 Å². The van der Waals surface area contributed by atoms with Crippen LogP contribution in [0.2, 0.25) is 0 Å². The van der Waals surface area contributed by atoms with Gasteiger partial charge in [0.2, 0.25) is 0 Å². The summed E-state index contributed by atoms with van der Waals surface area (Å²) < 4.78 is 5.09. The lowest BCUT2D eigenvalue weighted by Crippen LogP contribution is -2.09. The first-order valence-corrected chi connectivity index (χ1v) is 7.97. The predicted octanol–water partition coefficient (Wildman–Crippen LogP) is 5.07. The van der Waals surface area contributed by atoms with E-state index in [2.05, 4.69) is 20.8 Å². The Morgan fingerprint density at radius 3 is 2.26 bits per heavy atom. The third kappa shape index (κ3) is 4.35. The van der Waals surface area contributed by atoms with Gasteiger partial charge in [-0.15, -0.1) is 0 Å². The highest BCUT2D eigenvalue weighted by molar-refractivity contribution is 5.69. The van der Waals surface area contributed by atoms with Crippen LogP contribution in [0.4, 0.5) is 0 Å². The molecule has 0 aliphatic heterocycles. The van der Waals surface area contributed by atoms with E-state index in [1.165, 1.54) is 23.6 Å². The molecular formula is C20H24O3. The fraction of sp³-hybridized carbons (Fsp3) is 0.350. The van der Waals surface area contributed by atoms with E-state index >= 15 is 0 Å². The summed E-state index contributed by atoms with van der Waals surface area (Å²) in [6.07, 6.45) is 6.35. The molecule has 0 bridgehead atoms. The van der Waals surface area contributed by atoms with Gasteiger partial charge >= 0.3 is 5.97 Å². The fourth-order valence-corrected chi connectivity index (χ4v) is 3.07. The number of carbonyl (C=O) groups is 1. The molecule has 0 radical (unpaired) electrons. The molecule has 2 rings (SSSR count). The number of aliphatic hydroxyl groups excluding tert-OH is 1. The minimum atomic E-state index is -0.310. The van der Waals surface area contributed by atoms with Gasteiger partial charge in [-0.25, -0.2) is 0 Å². The quantitative estimate of drug-likeness (QED) is 0.623. The Hall–Kier alpha value is -2.29. The summed E-state index contributed by atoms with van der Waals surface area (Å²) in [5.74, 6) is 1.25. The molecule has 0 saturated heterocycles. The standard InChI is InChI=1S/C20H24O3/c1-13(2)20(17-5-9-18(22)10-6-17)14(3)16-7-11-19(12-8-16)23-15(4)21/h5,7-14,22H,6H2,1-4H3. The first kappa shape index (κ1) is 17.1. The zero-order valence-electron chi connectivity index (χ0n) is 14.2. The summed E-state index contributed by atoms with van der Waals surface area (Å²) >= 11 is 0. The lowest BCUT2D eigenvalue weighted by molar-refractivity contribution is -0.131. The molecule has 1 atom stereocenters. The Morgan fingerprint density at radius 1 is 1.13 bits per heavy atom. The zero-order chi connectivity index (χ0) is 17.0. The van der Waals surface area contributed by atoms with E-state index in [1.54, 1.807) is 6.08 Å². The van der Waals surface area contributed by atoms with Gasteiger partial charge in [-0.1, -0.05) is 44.6 Å². The Balaban J connectivity index is 2.28. The molecule has 0 heterocycles. The minimum absolute atomic E-state index is 0.259. The van der Waals surface area contributed by atoms with Crippen LogP contribution in [-0.2, 0) is 4.79 Å². The van der Waals surface area contributed by atoms with Gasteiger partial charge in [0, 0.05) is 12.8 Å². The summed E-state index contributed by atoms with van der Waals surface area (Å²) in [5, 5.41) is 9.52. The van der Waals surface area contributed by atoms with Crippen LogP contribution in [0.15, 0.2) is 59.4 Å². The molecule has 1 N–H and O–H groups in total. The maximum atomic E-state index is 11.0. The van der Waals surface area contributed by atoms with E-state index in [0.717, 1.165) is 6.42 Å². The molecule has 0 aromatic heterocycles. The first-order chi connectivity index (χ1) is 10.9. The second-order valence-corrected chi connectivity index (χ2v) is 6.19. The van der Waals surface area contributed by atoms with Crippen LogP contribution in [0, 0.1) is 5.92 Å². The maximum absolute atomic E-state index is 11.0. The number of carbonyl (C=O) groups excluding carboxylic acids is 1.